The van der Waals surface area contributed by atoms with Crippen molar-refractivity contribution in [2.45, 2.75) is 38.6 Å². The maximum absolute atomic E-state index is 12.5. The van der Waals surface area contributed by atoms with Crippen molar-refractivity contribution < 1.29 is 17.9 Å². The Morgan fingerprint density at radius 1 is 1.36 bits per heavy atom. The summed E-state index contributed by atoms with van der Waals surface area (Å²) in [6, 6.07) is 2.14. The second-order valence-corrected chi connectivity index (χ2v) is 9.22. The van der Waals surface area contributed by atoms with Crippen molar-refractivity contribution >= 4 is 32.7 Å². The third-order valence-electron chi connectivity index (χ3n) is 5.54. The Hall–Kier alpha value is -2.13. The van der Waals surface area contributed by atoms with E-state index in [1.807, 2.05) is 19.3 Å². The van der Waals surface area contributed by atoms with Gasteiger partial charge in [-0.2, -0.15) is 0 Å². The average molecular weight is 409 g/mol. The number of aromatic nitrogens is 2. The van der Waals surface area contributed by atoms with Crippen LogP contribution in [0.25, 0.3) is 11.0 Å². The van der Waals surface area contributed by atoms with Crippen LogP contribution in [0.5, 0.6) is 0 Å². The molecule has 1 aliphatic carbocycles. The van der Waals surface area contributed by atoms with Crippen LogP contribution < -0.4 is 9.62 Å². The maximum Gasteiger partial charge on any atom is 0.341 e. The molecule has 2 N–H and O–H groups in total. The molecule has 9 heteroatoms. The molecule has 0 spiro atoms. The van der Waals surface area contributed by atoms with E-state index in [2.05, 4.69) is 19.6 Å². The molecule has 0 amide bonds. The lowest BCUT2D eigenvalue weighted by Gasteiger charge is -2.36. The molecule has 1 aliphatic rings. The number of nitrogens with zero attached hydrogens (tertiary/aromatic N) is 2. The zero-order valence-electron chi connectivity index (χ0n) is 16.6. The number of fused-ring (bicyclic) bond motifs is 1. The largest absolute Gasteiger partial charge is 0.462 e. The molecule has 1 saturated carbocycles. The van der Waals surface area contributed by atoms with E-state index in [4.69, 9.17) is 4.74 Å². The van der Waals surface area contributed by atoms with Crippen LogP contribution in [0, 0.1) is 5.92 Å². The number of hydrogen-bond donors (Lipinski definition) is 2. The smallest absolute Gasteiger partial charge is 0.341 e. The van der Waals surface area contributed by atoms with Gasteiger partial charge in [0.2, 0.25) is 10.0 Å². The summed E-state index contributed by atoms with van der Waals surface area (Å²) in [5, 5.41) is 0.882. The van der Waals surface area contributed by atoms with Crippen molar-refractivity contribution in [3.63, 3.8) is 0 Å². The SMILES string of the molecule is CCOC(=O)c1cnc2[nH]ccc2c1N(C)C1CCC(CS(=O)(=O)NC)CC1. The van der Waals surface area contributed by atoms with Gasteiger partial charge in [-0.25, -0.2) is 22.9 Å². The van der Waals surface area contributed by atoms with Gasteiger partial charge in [0, 0.05) is 30.9 Å². The minimum atomic E-state index is -3.19. The van der Waals surface area contributed by atoms with Gasteiger partial charge in [0.25, 0.3) is 0 Å². The lowest BCUT2D eigenvalue weighted by molar-refractivity contribution is 0.0526. The number of hydrogen-bond acceptors (Lipinski definition) is 6. The molecule has 0 aliphatic heterocycles. The number of nitrogens with one attached hydrogen (secondary N) is 2. The first kappa shape index (κ1) is 20.6. The van der Waals surface area contributed by atoms with Crippen LogP contribution in [0.15, 0.2) is 18.5 Å². The Labute approximate surface area is 165 Å². The van der Waals surface area contributed by atoms with Crippen LogP contribution in [0.2, 0.25) is 0 Å². The number of esters is 1. The molecular formula is C19H28N4O4S. The summed E-state index contributed by atoms with van der Waals surface area (Å²) in [5.74, 6) is -0.0456. The molecule has 28 heavy (non-hydrogen) atoms. The fourth-order valence-electron chi connectivity index (χ4n) is 4.01. The van der Waals surface area contributed by atoms with Gasteiger partial charge in [-0.3, -0.25) is 0 Å². The van der Waals surface area contributed by atoms with Gasteiger partial charge >= 0.3 is 5.97 Å². The van der Waals surface area contributed by atoms with E-state index in [1.54, 1.807) is 13.1 Å². The number of sulfonamides is 1. The second kappa shape index (κ2) is 8.48. The molecular weight excluding hydrogens is 380 g/mol. The summed E-state index contributed by atoms with van der Waals surface area (Å²) in [6.07, 6.45) is 6.79. The first-order chi connectivity index (χ1) is 13.4. The minimum Gasteiger partial charge on any atom is -0.462 e. The highest BCUT2D eigenvalue weighted by Crippen LogP contribution is 2.35. The fraction of sp³-hybridized carbons (Fsp3) is 0.579. The molecule has 154 valence electrons. The molecule has 0 atom stereocenters. The van der Waals surface area contributed by atoms with E-state index in [-0.39, 0.29) is 23.7 Å². The van der Waals surface area contributed by atoms with Gasteiger partial charge in [-0.05, 0) is 51.6 Å². The fourth-order valence-corrected chi connectivity index (χ4v) is 5.13. The van der Waals surface area contributed by atoms with Crippen molar-refractivity contribution in [1.82, 2.24) is 14.7 Å². The van der Waals surface area contributed by atoms with Crippen LogP contribution >= 0.6 is 0 Å². The number of pyridine rings is 1. The van der Waals surface area contributed by atoms with E-state index in [0.29, 0.717) is 12.2 Å². The average Bonchev–Trinajstić information content (AvgIpc) is 3.16. The quantitative estimate of drug-likeness (QED) is 0.681. The predicted molar refractivity (Wildman–Crippen MR) is 109 cm³/mol. The highest BCUT2D eigenvalue weighted by Gasteiger charge is 2.30. The van der Waals surface area contributed by atoms with Crippen molar-refractivity contribution in [3.05, 3.63) is 24.0 Å². The predicted octanol–water partition coefficient (Wildman–Crippen LogP) is 2.28. The Morgan fingerprint density at radius 2 is 2.07 bits per heavy atom. The summed E-state index contributed by atoms with van der Waals surface area (Å²) in [4.78, 5) is 22.0. The van der Waals surface area contributed by atoms with E-state index in [9.17, 15) is 13.2 Å². The van der Waals surface area contributed by atoms with Crippen LogP contribution in [0.4, 0.5) is 5.69 Å². The van der Waals surface area contributed by atoms with Crippen molar-refractivity contribution in [2.24, 2.45) is 5.92 Å². The van der Waals surface area contributed by atoms with Crippen molar-refractivity contribution in [1.29, 1.82) is 0 Å². The van der Waals surface area contributed by atoms with Gasteiger partial charge < -0.3 is 14.6 Å². The van der Waals surface area contributed by atoms with E-state index >= 15 is 0 Å². The normalized spacial score (nSPS) is 20.2. The number of carbonyl (C=O) groups excluding carboxylic acids is 1. The molecule has 1 fully saturated rings. The van der Waals surface area contributed by atoms with Crippen molar-refractivity contribution in [2.75, 3.05) is 31.4 Å². The van der Waals surface area contributed by atoms with Gasteiger partial charge in [0.05, 0.1) is 18.0 Å². The summed E-state index contributed by atoms with van der Waals surface area (Å²) in [6.45, 7) is 2.09. The number of aromatic amines is 1. The van der Waals surface area contributed by atoms with E-state index in [1.165, 1.54) is 7.05 Å². The Kier molecular flexibility index (Phi) is 6.24. The maximum atomic E-state index is 12.5. The molecule has 3 rings (SSSR count). The van der Waals surface area contributed by atoms with E-state index < -0.39 is 10.0 Å². The third-order valence-corrected chi connectivity index (χ3v) is 7.07. The molecule has 2 heterocycles. The third kappa shape index (κ3) is 4.30. The molecule has 0 unspecified atom stereocenters. The summed E-state index contributed by atoms with van der Waals surface area (Å²) in [5.41, 5.74) is 2.00. The first-order valence-electron chi connectivity index (χ1n) is 9.63. The van der Waals surface area contributed by atoms with Gasteiger partial charge in [0.15, 0.2) is 0 Å². The summed E-state index contributed by atoms with van der Waals surface area (Å²) >= 11 is 0. The number of carbonyl (C=O) groups is 1. The standard InChI is InChI=1S/C19H28N4O4S/c1-4-27-19(24)16-11-22-18-15(9-10-21-18)17(16)23(3)14-7-5-13(6-8-14)12-28(25,26)20-2/h9-11,13-14,20H,4-8,12H2,1-3H3,(H,21,22). The highest BCUT2D eigenvalue weighted by atomic mass is 32.2. The monoisotopic (exact) mass is 408 g/mol. The molecule has 8 nitrogen and oxygen atoms in total. The topological polar surface area (TPSA) is 104 Å². The van der Waals surface area contributed by atoms with Crippen molar-refractivity contribution in [3.8, 4) is 0 Å². The molecule has 0 bridgehead atoms. The van der Waals surface area contributed by atoms with Crippen LogP contribution in [-0.2, 0) is 14.8 Å². The highest BCUT2D eigenvalue weighted by molar-refractivity contribution is 7.89. The van der Waals surface area contributed by atoms with Crippen LogP contribution in [-0.4, -0.2) is 56.9 Å². The van der Waals surface area contributed by atoms with Crippen LogP contribution in [0.3, 0.4) is 0 Å². The molecule has 0 saturated heterocycles. The Bertz CT molecular complexity index is 933. The molecule has 0 aromatic carbocycles. The second-order valence-electron chi connectivity index (χ2n) is 7.25. The van der Waals surface area contributed by atoms with Gasteiger partial charge in [-0.15, -0.1) is 0 Å². The lowest BCUT2D eigenvalue weighted by atomic mass is 9.86. The van der Waals surface area contributed by atoms with Crippen LogP contribution in [0.1, 0.15) is 43.0 Å². The van der Waals surface area contributed by atoms with E-state index in [0.717, 1.165) is 42.4 Å². The molecule has 2 aromatic heterocycles. The number of H-pyrrole nitrogens is 1. The lowest BCUT2D eigenvalue weighted by Crippen LogP contribution is -2.38. The Morgan fingerprint density at radius 3 is 2.71 bits per heavy atom. The Balaban J connectivity index is 1.82. The molecule has 0 radical (unpaired) electrons. The molecule has 2 aromatic rings. The summed E-state index contributed by atoms with van der Waals surface area (Å²) < 4.78 is 31.3. The zero-order chi connectivity index (χ0) is 20.3. The zero-order valence-corrected chi connectivity index (χ0v) is 17.4. The number of anilines is 1. The number of rotatable bonds is 7. The first-order valence-corrected chi connectivity index (χ1v) is 11.3. The van der Waals surface area contributed by atoms with Gasteiger partial charge in [0.1, 0.15) is 11.2 Å². The van der Waals surface area contributed by atoms with Gasteiger partial charge in [-0.1, -0.05) is 0 Å². The summed E-state index contributed by atoms with van der Waals surface area (Å²) in [7, 11) is 0.250. The minimum absolute atomic E-state index is 0.163. The number of ether oxygens (including phenoxy) is 1.